The van der Waals surface area contributed by atoms with E-state index in [-0.39, 0.29) is 12.1 Å². The van der Waals surface area contributed by atoms with Crippen LogP contribution in [-0.4, -0.2) is 42.2 Å². The number of halogens is 1. The Morgan fingerprint density at radius 1 is 1.00 bits per heavy atom. The van der Waals surface area contributed by atoms with Gasteiger partial charge >= 0.3 is 6.03 Å². The molecule has 1 aromatic heterocycles. The zero-order valence-corrected chi connectivity index (χ0v) is 19.0. The molecule has 8 heteroatoms. The van der Waals surface area contributed by atoms with Crippen LogP contribution in [-0.2, 0) is 12.8 Å². The molecule has 1 fully saturated rings. The Kier molecular flexibility index (Phi) is 6.80. The molecule has 3 N–H and O–H groups in total. The molecule has 166 valence electrons. The quantitative estimate of drug-likeness (QED) is 0.629. The number of urea groups is 1. The topological polar surface area (TPSA) is 82.2 Å². The lowest BCUT2D eigenvalue weighted by atomic mass is 9.91. The summed E-state index contributed by atoms with van der Waals surface area (Å²) in [7, 11) is 4.10. The summed E-state index contributed by atoms with van der Waals surface area (Å²) in [6.45, 7) is 0. The minimum absolute atomic E-state index is 0.173. The summed E-state index contributed by atoms with van der Waals surface area (Å²) in [5.41, 5.74) is 3.24. The Hall–Kier alpha value is -2.54. The molecule has 2 aliphatic rings. The van der Waals surface area contributed by atoms with Crippen LogP contribution in [0.1, 0.15) is 49.8 Å². The highest BCUT2D eigenvalue weighted by Crippen LogP contribution is 2.29. The molecule has 2 amide bonds. The zero-order valence-electron chi connectivity index (χ0n) is 18.2. The molecule has 0 saturated heterocycles. The molecule has 4 rings (SSSR count). The summed E-state index contributed by atoms with van der Waals surface area (Å²) >= 11 is 5.89. The smallest absolute Gasteiger partial charge is 0.319 e. The lowest BCUT2D eigenvalue weighted by Gasteiger charge is -2.30. The second kappa shape index (κ2) is 9.73. The largest absolute Gasteiger partial charge is 0.362 e. The maximum atomic E-state index is 12.3. The van der Waals surface area contributed by atoms with E-state index in [0.717, 1.165) is 56.0 Å². The van der Waals surface area contributed by atoms with Gasteiger partial charge in [-0.2, -0.15) is 4.98 Å². The van der Waals surface area contributed by atoms with Gasteiger partial charge in [0.2, 0.25) is 5.95 Å². The van der Waals surface area contributed by atoms with Gasteiger partial charge in [0.25, 0.3) is 0 Å². The Balaban J connectivity index is 1.29. The van der Waals surface area contributed by atoms with Crippen LogP contribution in [0.25, 0.3) is 0 Å². The third-order valence-corrected chi connectivity index (χ3v) is 6.33. The van der Waals surface area contributed by atoms with Crippen LogP contribution in [0.3, 0.4) is 0 Å². The molecule has 0 unspecified atom stereocenters. The SMILES string of the molecule is CN(C)c1nc(NC2CCC(NC(=O)Nc3ccc(Cl)cc3)CC2)nc2c1CCCC2. The molecule has 7 nitrogen and oxygen atoms in total. The predicted molar refractivity (Wildman–Crippen MR) is 126 cm³/mol. The summed E-state index contributed by atoms with van der Waals surface area (Å²) in [5.74, 6) is 1.78. The lowest BCUT2D eigenvalue weighted by molar-refractivity contribution is 0.243. The number of fused-ring (bicyclic) bond motifs is 1. The van der Waals surface area contributed by atoms with Crippen LogP contribution in [0.15, 0.2) is 24.3 Å². The van der Waals surface area contributed by atoms with Gasteiger partial charge in [0.15, 0.2) is 0 Å². The first-order chi connectivity index (χ1) is 15.0. The second-order valence-corrected chi connectivity index (χ2v) is 9.13. The maximum absolute atomic E-state index is 12.3. The van der Waals surface area contributed by atoms with Gasteiger partial charge in [-0.3, -0.25) is 0 Å². The average molecular weight is 443 g/mol. The number of aromatic nitrogens is 2. The molecule has 0 atom stereocenters. The molecule has 0 aliphatic heterocycles. The molecule has 1 saturated carbocycles. The van der Waals surface area contributed by atoms with E-state index in [4.69, 9.17) is 21.6 Å². The predicted octanol–water partition coefficient (Wildman–Crippen LogP) is 4.62. The van der Waals surface area contributed by atoms with Gasteiger partial charge in [0.1, 0.15) is 5.82 Å². The van der Waals surface area contributed by atoms with Gasteiger partial charge in [-0.1, -0.05) is 11.6 Å². The van der Waals surface area contributed by atoms with Gasteiger partial charge in [0.05, 0.1) is 5.69 Å². The molecule has 1 aromatic carbocycles. The third kappa shape index (κ3) is 5.58. The molecule has 2 aliphatic carbocycles. The Bertz CT molecular complexity index is 909. The number of anilines is 3. The number of aryl methyl sites for hydroxylation is 1. The number of hydrogen-bond acceptors (Lipinski definition) is 5. The van der Waals surface area contributed by atoms with E-state index in [9.17, 15) is 4.79 Å². The van der Waals surface area contributed by atoms with Crippen LogP contribution in [0, 0.1) is 0 Å². The normalized spacial score (nSPS) is 20.5. The van der Waals surface area contributed by atoms with Crippen LogP contribution in [0.5, 0.6) is 0 Å². The lowest BCUT2D eigenvalue weighted by Crippen LogP contribution is -2.42. The standard InChI is InChI=1S/C23H31ClN6O/c1-30(2)21-19-5-3-4-6-20(19)28-22(29-21)25-16-11-13-18(14-12-16)27-23(31)26-17-9-7-15(24)8-10-17/h7-10,16,18H,3-6,11-14H2,1-2H3,(H,25,28,29)(H2,26,27,31). The van der Waals surface area contributed by atoms with Gasteiger partial charge in [-0.15, -0.1) is 0 Å². The van der Waals surface area contributed by atoms with Gasteiger partial charge in [-0.05, 0) is 75.6 Å². The molecule has 31 heavy (non-hydrogen) atoms. The summed E-state index contributed by atoms with van der Waals surface area (Å²) in [5, 5.41) is 10.2. The highest BCUT2D eigenvalue weighted by molar-refractivity contribution is 6.30. The van der Waals surface area contributed by atoms with Crippen LogP contribution >= 0.6 is 11.6 Å². The molecular weight excluding hydrogens is 412 g/mol. The van der Waals surface area contributed by atoms with Crippen LogP contribution in [0.2, 0.25) is 5.02 Å². The first kappa shape index (κ1) is 21.7. The van der Waals surface area contributed by atoms with E-state index < -0.39 is 0 Å². The van der Waals surface area contributed by atoms with E-state index in [1.54, 1.807) is 24.3 Å². The van der Waals surface area contributed by atoms with Crippen molar-refractivity contribution in [2.75, 3.05) is 29.6 Å². The first-order valence-electron chi connectivity index (χ1n) is 11.1. The molecular formula is C23H31ClN6O. The Morgan fingerprint density at radius 3 is 2.39 bits per heavy atom. The van der Waals surface area contributed by atoms with Crippen molar-refractivity contribution in [2.24, 2.45) is 0 Å². The molecule has 1 heterocycles. The number of carbonyl (C=O) groups excluding carboxylic acids is 1. The molecule has 0 bridgehead atoms. The van der Waals surface area contributed by atoms with Crippen molar-refractivity contribution in [3.05, 3.63) is 40.5 Å². The number of benzene rings is 1. The maximum Gasteiger partial charge on any atom is 0.319 e. The van der Waals surface area contributed by atoms with Crippen molar-refractivity contribution in [3.8, 4) is 0 Å². The summed E-state index contributed by atoms with van der Waals surface area (Å²) in [4.78, 5) is 24.0. The Morgan fingerprint density at radius 2 is 1.68 bits per heavy atom. The van der Waals surface area contributed by atoms with Crippen molar-refractivity contribution in [1.29, 1.82) is 0 Å². The van der Waals surface area contributed by atoms with Gasteiger partial charge in [0, 0.05) is 42.5 Å². The molecule has 0 radical (unpaired) electrons. The minimum Gasteiger partial charge on any atom is -0.362 e. The van der Waals surface area contributed by atoms with E-state index >= 15 is 0 Å². The third-order valence-electron chi connectivity index (χ3n) is 6.08. The van der Waals surface area contributed by atoms with Crippen LogP contribution < -0.4 is 20.9 Å². The van der Waals surface area contributed by atoms with E-state index in [2.05, 4.69) is 20.9 Å². The van der Waals surface area contributed by atoms with E-state index in [1.165, 1.54) is 24.1 Å². The number of hydrogen-bond donors (Lipinski definition) is 3. The summed E-state index contributed by atoms with van der Waals surface area (Å²) < 4.78 is 0. The summed E-state index contributed by atoms with van der Waals surface area (Å²) in [6, 6.07) is 7.44. The van der Waals surface area contributed by atoms with Gasteiger partial charge < -0.3 is 20.9 Å². The highest BCUT2D eigenvalue weighted by atomic mass is 35.5. The van der Waals surface area contributed by atoms with Gasteiger partial charge in [-0.25, -0.2) is 9.78 Å². The number of nitrogens with one attached hydrogen (secondary N) is 3. The number of rotatable bonds is 5. The number of nitrogens with zero attached hydrogens (tertiary/aromatic N) is 3. The van der Waals surface area contributed by atoms with Crippen molar-refractivity contribution in [1.82, 2.24) is 15.3 Å². The minimum atomic E-state index is -0.174. The van der Waals surface area contributed by atoms with Crippen molar-refractivity contribution < 1.29 is 4.79 Å². The summed E-state index contributed by atoms with van der Waals surface area (Å²) in [6.07, 6.45) is 8.32. The van der Waals surface area contributed by atoms with E-state index in [1.807, 2.05) is 14.1 Å². The van der Waals surface area contributed by atoms with Crippen LogP contribution in [0.4, 0.5) is 22.2 Å². The Labute approximate surface area is 189 Å². The zero-order chi connectivity index (χ0) is 21.8. The van der Waals surface area contributed by atoms with Crippen molar-refractivity contribution >= 4 is 35.1 Å². The second-order valence-electron chi connectivity index (χ2n) is 8.70. The fraction of sp³-hybridized carbons (Fsp3) is 0.522. The van der Waals surface area contributed by atoms with Crippen molar-refractivity contribution in [2.45, 2.75) is 63.5 Å². The average Bonchev–Trinajstić information content (AvgIpc) is 2.76. The fourth-order valence-electron chi connectivity index (χ4n) is 4.46. The molecule has 2 aromatic rings. The molecule has 0 spiro atoms. The first-order valence-corrected chi connectivity index (χ1v) is 11.5. The highest BCUT2D eigenvalue weighted by Gasteiger charge is 2.24. The monoisotopic (exact) mass is 442 g/mol. The number of amides is 2. The van der Waals surface area contributed by atoms with E-state index in [0.29, 0.717) is 11.1 Å². The number of carbonyl (C=O) groups is 1. The fourth-order valence-corrected chi connectivity index (χ4v) is 4.59. The van der Waals surface area contributed by atoms with Crippen molar-refractivity contribution in [3.63, 3.8) is 0 Å².